The number of hydrogen-bond acceptors (Lipinski definition) is 4. The zero-order valence-corrected chi connectivity index (χ0v) is 12.0. The van der Waals surface area contributed by atoms with Crippen LogP contribution >= 0.6 is 0 Å². The van der Waals surface area contributed by atoms with E-state index in [1.165, 1.54) is 6.07 Å². The second kappa shape index (κ2) is 7.17. The van der Waals surface area contributed by atoms with Gasteiger partial charge in [0.05, 0.1) is 5.56 Å². The van der Waals surface area contributed by atoms with Crippen molar-refractivity contribution in [1.29, 1.82) is 0 Å². The highest BCUT2D eigenvalue weighted by Gasteiger charge is 2.18. The molecule has 0 aliphatic heterocycles. The highest BCUT2D eigenvalue weighted by molar-refractivity contribution is 6.14. The van der Waals surface area contributed by atoms with Crippen LogP contribution in [0.3, 0.4) is 0 Å². The van der Waals surface area contributed by atoms with E-state index in [2.05, 4.69) is 5.32 Å². The molecule has 0 aliphatic rings. The van der Waals surface area contributed by atoms with Gasteiger partial charge in [-0.25, -0.2) is 4.79 Å². The monoisotopic (exact) mass is 297 g/mol. The molecule has 22 heavy (non-hydrogen) atoms. The molecule has 1 amide bonds. The Morgan fingerprint density at radius 1 is 1.05 bits per heavy atom. The normalized spacial score (nSPS) is 9.86. The van der Waals surface area contributed by atoms with Gasteiger partial charge in [-0.1, -0.05) is 36.4 Å². The first-order valence-corrected chi connectivity index (χ1v) is 6.81. The summed E-state index contributed by atoms with van der Waals surface area (Å²) in [6.45, 7) is 2.18. The molecule has 0 atom stereocenters. The van der Waals surface area contributed by atoms with Gasteiger partial charge in [0, 0.05) is 17.7 Å². The first-order valence-electron chi connectivity index (χ1n) is 6.81. The van der Waals surface area contributed by atoms with E-state index in [0.29, 0.717) is 18.4 Å². The summed E-state index contributed by atoms with van der Waals surface area (Å²) in [5.41, 5.74) is 0.785. The van der Waals surface area contributed by atoms with Crippen LogP contribution in [0, 0.1) is 0 Å². The van der Waals surface area contributed by atoms with Crippen LogP contribution in [0.2, 0.25) is 0 Å². The van der Waals surface area contributed by atoms with Gasteiger partial charge in [-0.15, -0.1) is 0 Å². The first kappa shape index (κ1) is 15.4. The van der Waals surface area contributed by atoms with Crippen molar-refractivity contribution >= 4 is 18.2 Å². The molecule has 0 radical (unpaired) electrons. The lowest BCUT2D eigenvalue weighted by atomic mass is 9.98. The molecule has 2 aromatic carbocycles. The number of ether oxygens (including phenoxy) is 1. The van der Waals surface area contributed by atoms with Crippen LogP contribution in [0.5, 0.6) is 5.75 Å². The summed E-state index contributed by atoms with van der Waals surface area (Å²) in [4.78, 5) is 35.2. The van der Waals surface area contributed by atoms with Crippen LogP contribution < -0.4 is 10.1 Å². The maximum Gasteiger partial charge on any atom is 0.412 e. The van der Waals surface area contributed by atoms with E-state index in [1.807, 2.05) is 0 Å². The Morgan fingerprint density at radius 3 is 2.36 bits per heavy atom. The number of rotatable bonds is 5. The molecule has 0 fully saturated rings. The van der Waals surface area contributed by atoms with E-state index >= 15 is 0 Å². The van der Waals surface area contributed by atoms with Gasteiger partial charge in [0.2, 0.25) is 0 Å². The number of carbonyl (C=O) groups excluding carboxylic acids is 3. The summed E-state index contributed by atoms with van der Waals surface area (Å²) >= 11 is 0. The third kappa shape index (κ3) is 3.38. The Hall–Kier alpha value is -2.95. The van der Waals surface area contributed by atoms with Gasteiger partial charge in [0.25, 0.3) is 0 Å². The summed E-state index contributed by atoms with van der Waals surface area (Å²) in [7, 11) is 0. The fourth-order valence-corrected chi connectivity index (χ4v) is 1.98. The Morgan fingerprint density at radius 2 is 1.68 bits per heavy atom. The van der Waals surface area contributed by atoms with Crippen LogP contribution in [0.25, 0.3) is 0 Å². The van der Waals surface area contributed by atoms with Crippen molar-refractivity contribution in [3.05, 3.63) is 65.2 Å². The maximum absolute atomic E-state index is 12.6. The van der Waals surface area contributed by atoms with Gasteiger partial charge in [0.15, 0.2) is 12.1 Å². The van der Waals surface area contributed by atoms with E-state index in [9.17, 15) is 14.4 Å². The van der Waals surface area contributed by atoms with Gasteiger partial charge >= 0.3 is 6.09 Å². The molecule has 5 nitrogen and oxygen atoms in total. The third-order valence-corrected chi connectivity index (χ3v) is 2.99. The highest BCUT2D eigenvalue weighted by Crippen LogP contribution is 2.23. The molecule has 0 spiro atoms. The maximum atomic E-state index is 12.6. The summed E-state index contributed by atoms with van der Waals surface area (Å²) < 4.78 is 5.14. The van der Waals surface area contributed by atoms with Crippen molar-refractivity contribution < 1.29 is 19.1 Å². The van der Waals surface area contributed by atoms with Crippen LogP contribution in [0.1, 0.15) is 33.2 Å². The van der Waals surface area contributed by atoms with Crippen LogP contribution in [0.15, 0.2) is 48.5 Å². The number of ketones is 1. The first-order chi connectivity index (χ1) is 10.7. The Balaban J connectivity index is 2.38. The van der Waals surface area contributed by atoms with Crippen molar-refractivity contribution in [3.8, 4) is 5.75 Å². The lowest BCUT2D eigenvalue weighted by Crippen LogP contribution is -2.27. The molecular formula is C17H15NO4. The molecule has 0 aliphatic carbocycles. The van der Waals surface area contributed by atoms with Gasteiger partial charge < -0.3 is 10.1 Å². The minimum atomic E-state index is -0.633. The number of benzene rings is 2. The van der Waals surface area contributed by atoms with Gasteiger partial charge in [-0.05, 0) is 19.1 Å². The van der Waals surface area contributed by atoms with E-state index in [-0.39, 0.29) is 22.7 Å². The molecule has 0 bridgehead atoms. The Bertz CT molecular complexity index is 709. The molecule has 0 unspecified atom stereocenters. The molecular weight excluding hydrogens is 282 g/mol. The van der Waals surface area contributed by atoms with Gasteiger partial charge in [-0.2, -0.15) is 0 Å². The van der Waals surface area contributed by atoms with Crippen molar-refractivity contribution in [2.45, 2.75) is 6.92 Å². The van der Waals surface area contributed by atoms with E-state index < -0.39 is 6.09 Å². The van der Waals surface area contributed by atoms with Crippen LogP contribution in [-0.4, -0.2) is 24.7 Å². The molecule has 5 heteroatoms. The fourth-order valence-electron chi connectivity index (χ4n) is 1.98. The summed E-state index contributed by atoms with van der Waals surface area (Å²) in [6, 6.07) is 12.9. The molecule has 0 aromatic heterocycles. The Kier molecular flexibility index (Phi) is 5.03. The molecule has 2 rings (SSSR count). The lowest BCUT2D eigenvalue weighted by Gasteiger charge is -2.10. The smallest absolute Gasteiger partial charge is 0.410 e. The second-order valence-corrected chi connectivity index (χ2v) is 4.45. The van der Waals surface area contributed by atoms with E-state index in [1.54, 1.807) is 49.4 Å². The second-order valence-electron chi connectivity index (χ2n) is 4.45. The summed E-state index contributed by atoms with van der Waals surface area (Å²) in [5.74, 6) is -0.221. The highest BCUT2D eigenvalue weighted by atomic mass is 16.6. The van der Waals surface area contributed by atoms with E-state index in [4.69, 9.17) is 4.74 Å². The molecule has 112 valence electrons. The molecule has 0 heterocycles. The number of nitrogens with one attached hydrogen (secondary N) is 1. The zero-order valence-electron chi connectivity index (χ0n) is 12.0. The molecule has 0 saturated heterocycles. The fraction of sp³-hybridized carbons (Fsp3) is 0.118. The number of hydrogen-bond donors (Lipinski definition) is 1. The van der Waals surface area contributed by atoms with Gasteiger partial charge in [0.1, 0.15) is 5.75 Å². The summed E-state index contributed by atoms with van der Waals surface area (Å²) in [6.07, 6.45) is -0.00745. The van der Waals surface area contributed by atoms with Gasteiger partial charge in [-0.3, -0.25) is 9.59 Å². The van der Waals surface area contributed by atoms with Crippen molar-refractivity contribution in [2.75, 3.05) is 6.54 Å². The molecule has 1 N–H and O–H groups in total. The SMILES string of the molecule is CCNC(=O)Oc1ccccc1C(=O)c1ccccc1C=O. The topological polar surface area (TPSA) is 72.5 Å². The number of para-hydroxylation sites is 1. The number of amides is 1. The van der Waals surface area contributed by atoms with Crippen LogP contribution in [-0.2, 0) is 0 Å². The van der Waals surface area contributed by atoms with Crippen LogP contribution in [0.4, 0.5) is 4.79 Å². The van der Waals surface area contributed by atoms with Crippen molar-refractivity contribution in [1.82, 2.24) is 5.32 Å². The standard InChI is InChI=1S/C17H15NO4/c1-2-18-17(21)22-15-10-6-5-9-14(15)16(20)13-8-4-3-7-12(13)11-19/h3-11H,2H2,1H3,(H,18,21). The average Bonchev–Trinajstić information content (AvgIpc) is 2.55. The van der Waals surface area contributed by atoms with Crippen molar-refractivity contribution in [3.63, 3.8) is 0 Å². The average molecular weight is 297 g/mol. The largest absolute Gasteiger partial charge is 0.412 e. The number of carbonyl (C=O) groups is 3. The van der Waals surface area contributed by atoms with E-state index in [0.717, 1.165) is 0 Å². The minimum Gasteiger partial charge on any atom is -0.410 e. The molecule has 0 saturated carbocycles. The zero-order chi connectivity index (χ0) is 15.9. The molecule has 2 aromatic rings. The van der Waals surface area contributed by atoms with Crippen molar-refractivity contribution in [2.24, 2.45) is 0 Å². The summed E-state index contributed by atoms with van der Waals surface area (Å²) in [5, 5.41) is 2.49. The third-order valence-electron chi connectivity index (χ3n) is 2.99. The lowest BCUT2D eigenvalue weighted by molar-refractivity contribution is 0.102. The Labute approximate surface area is 127 Å². The quantitative estimate of drug-likeness (QED) is 0.680. The predicted molar refractivity (Wildman–Crippen MR) is 81.4 cm³/mol. The number of aldehydes is 1. The predicted octanol–water partition coefficient (Wildman–Crippen LogP) is 2.84. The minimum absolute atomic E-state index is 0.152.